The van der Waals surface area contributed by atoms with Crippen molar-refractivity contribution in [1.82, 2.24) is 4.90 Å². The standard InChI is InChI=1S/C32H34ClN3O6/c1-41-29-16-20(10-15-27(29)35-32(40)34-26-8-4-3-7-25(26)33)17-30(37)36-18-22(24-6-2-5-9-28(24)36)19-42-23-13-11-21(12-14-23)31(38)39/h3-4,7-8,10-16,22,24,28H,2,5-6,9,17-19H2,1H3,(H,38,39)(H2,34,35,40). The molecule has 2 aliphatic rings. The maximum absolute atomic E-state index is 13.6. The number of hydrogen-bond donors (Lipinski definition) is 3. The van der Waals surface area contributed by atoms with Crippen molar-refractivity contribution >= 4 is 40.9 Å². The van der Waals surface area contributed by atoms with E-state index in [-0.39, 0.29) is 29.9 Å². The molecule has 1 aliphatic carbocycles. The summed E-state index contributed by atoms with van der Waals surface area (Å²) < 4.78 is 11.6. The van der Waals surface area contributed by atoms with E-state index in [0.29, 0.717) is 47.0 Å². The fourth-order valence-corrected chi connectivity index (χ4v) is 6.21. The number of para-hydroxylation sites is 1. The number of fused-ring (bicyclic) bond motifs is 1. The Morgan fingerprint density at radius 2 is 1.71 bits per heavy atom. The predicted octanol–water partition coefficient (Wildman–Crippen LogP) is 6.33. The number of carbonyl (C=O) groups is 3. The average Bonchev–Trinajstić information content (AvgIpc) is 3.37. The zero-order chi connectivity index (χ0) is 29.6. The Balaban J connectivity index is 1.21. The number of amides is 3. The average molecular weight is 592 g/mol. The largest absolute Gasteiger partial charge is 0.495 e. The van der Waals surface area contributed by atoms with Gasteiger partial charge >= 0.3 is 12.0 Å². The van der Waals surface area contributed by atoms with Gasteiger partial charge in [-0.3, -0.25) is 4.79 Å². The van der Waals surface area contributed by atoms with E-state index < -0.39 is 12.0 Å². The minimum absolute atomic E-state index is 0.0550. The van der Waals surface area contributed by atoms with E-state index in [9.17, 15) is 14.4 Å². The van der Waals surface area contributed by atoms with E-state index in [1.165, 1.54) is 19.2 Å². The summed E-state index contributed by atoms with van der Waals surface area (Å²) in [4.78, 5) is 39.3. The molecular formula is C32H34ClN3O6. The Morgan fingerprint density at radius 3 is 2.45 bits per heavy atom. The molecule has 5 rings (SSSR count). The number of urea groups is 1. The van der Waals surface area contributed by atoms with Gasteiger partial charge in [0.1, 0.15) is 11.5 Å². The molecule has 3 aromatic carbocycles. The van der Waals surface area contributed by atoms with Gasteiger partial charge in [0.2, 0.25) is 5.91 Å². The van der Waals surface area contributed by atoms with Crippen molar-refractivity contribution in [2.24, 2.45) is 11.8 Å². The lowest BCUT2D eigenvalue weighted by Gasteiger charge is -2.32. The van der Waals surface area contributed by atoms with E-state index in [4.69, 9.17) is 26.2 Å². The number of hydrogen-bond acceptors (Lipinski definition) is 5. The summed E-state index contributed by atoms with van der Waals surface area (Å²) in [5.74, 6) is 0.735. The van der Waals surface area contributed by atoms with Crippen LogP contribution in [-0.2, 0) is 11.2 Å². The molecule has 1 saturated heterocycles. The van der Waals surface area contributed by atoms with E-state index in [1.54, 1.807) is 48.5 Å². The SMILES string of the molecule is COc1cc(CC(=O)N2CC(COc3ccc(C(=O)O)cc3)C3CCCCC32)ccc1NC(=O)Nc1ccccc1Cl. The number of aromatic carboxylic acids is 1. The van der Waals surface area contributed by atoms with Crippen LogP contribution in [0.15, 0.2) is 66.7 Å². The number of carboxylic acids is 1. The molecule has 0 aromatic heterocycles. The molecule has 3 aromatic rings. The first-order chi connectivity index (χ1) is 20.3. The first-order valence-corrected chi connectivity index (χ1v) is 14.4. The van der Waals surface area contributed by atoms with E-state index >= 15 is 0 Å². The summed E-state index contributed by atoms with van der Waals surface area (Å²) in [5, 5.41) is 15.1. The molecule has 0 bridgehead atoms. The van der Waals surface area contributed by atoms with Gasteiger partial charge in [-0.1, -0.05) is 42.6 Å². The highest BCUT2D eigenvalue weighted by Gasteiger charge is 2.44. The maximum Gasteiger partial charge on any atom is 0.335 e. The summed E-state index contributed by atoms with van der Waals surface area (Å²) in [6.07, 6.45) is 4.50. The Bertz CT molecular complexity index is 1450. The Morgan fingerprint density at radius 1 is 0.976 bits per heavy atom. The summed E-state index contributed by atoms with van der Waals surface area (Å²) >= 11 is 6.14. The van der Waals surface area contributed by atoms with Gasteiger partial charge < -0.3 is 30.1 Å². The summed E-state index contributed by atoms with van der Waals surface area (Å²) in [5.41, 5.74) is 1.97. The quantitative estimate of drug-likeness (QED) is 0.268. The number of rotatable bonds is 9. The van der Waals surface area contributed by atoms with Crippen LogP contribution in [0.1, 0.15) is 41.6 Å². The molecule has 0 radical (unpaired) electrons. The smallest absolute Gasteiger partial charge is 0.335 e. The molecule has 42 heavy (non-hydrogen) atoms. The fourth-order valence-electron chi connectivity index (χ4n) is 6.02. The second-order valence-corrected chi connectivity index (χ2v) is 11.1. The molecular weight excluding hydrogens is 558 g/mol. The third-order valence-corrected chi connectivity index (χ3v) is 8.43. The van der Waals surface area contributed by atoms with Crippen molar-refractivity contribution < 1.29 is 29.0 Å². The normalized spacial score (nSPS) is 19.5. The number of nitrogens with one attached hydrogen (secondary N) is 2. The van der Waals surface area contributed by atoms with Crippen LogP contribution >= 0.6 is 11.6 Å². The molecule has 2 fully saturated rings. The van der Waals surface area contributed by atoms with Gasteiger partial charge in [-0.25, -0.2) is 9.59 Å². The topological polar surface area (TPSA) is 117 Å². The molecule has 1 heterocycles. The number of halogens is 1. The Hall–Kier alpha value is -4.24. The molecule has 0 spiro atoms. The molecule has 3 unspecified atom stereocenters. The molecule has 3 atom stereocenters. The maximum atomic E-state index is 13.6. The van der Waals surface area contributed by atoms with Crippen LogP contribution in [0.2, 0.25) is 5.02 Å². The molecule has 220 valence electrons. The molecule has 1 aliphatic heterocycles. The molecule has 3 N–H and O–H groups in total. The van der Waals surface area contributed by atoms with Crippen LogP contribution in [0, 0.1) is 11.8 Å². The second-order valence-electron chi connectivity index (χ2n) is 10.7. The minimum atomic E-state index is -0.973. The van der Waals surface area contributed by atoms with E-state index in [0.717, 1.165) is 31.2 Å². The molecule has 1 saturated carbocycles. The van der Waals surface area contributed by atoms with Gasteiger partial charge in [-0.2, -0.15) is 0 Å². The lowest BCUT2D eigenvalue weighted by molar-refractivity contribution is -0.132. The lowest BCUT2D eigenvalue weighted by atomic mass is 9.80. The first kappa shape index (κ1) is 29.3. The van der Waals surface area contributed by atoms with Crippen molar-refractivity contribution in [2.75, 3.05) is 30.9 Å². The molecule has 3 amide bonds. The highest BCUT2D eigenvalue weighted by Crippen LogP contribution is 2.40. The minimum Gasteiger partial charge on any atom is -0.495 e. The van der Waals surface area contributed by atoms with Crippen molar-refractivity contribution in [3.63, 3.8) is 0 Å². The predicted molar refractivity (Wildman–Crippen MR) is 161 cm³/mol. The van der Waals surface area contributed by atoms with Crippen LogP contribution in [-0.4, -0.2) is 54.2 Å². The summed E-state index contributed by atoms with van der Waals surface area (Å²) in [6.45, 7) is 1.10. The summed E-state index contributed by atoms with van der Waals surface area (Å²) in [7, 11) is 1.52. The van der Waals surface area contributed by atoms with Crippen LogP contribution in [0.4, 0.5) is 16.2 Å². The van der Waals surface area contributed by atoms with Gasteiger partial charge in [0, 0.05) is 18.5 Å². The van der Waals surface area contributed by atoms with E-state index in [2.05, 4.69) is 10.6 Å². The number of benzene rings is 3. The highest BCUT2D eigenvalue weighted by atomic mass is 35.5. The van der Waals surface area contributed by atoms with Crippen molar-refractivity contribution in [2.45, 2.75) is 38.1 Å². The van der Waals surface area contributed by atoms with Gasteiger partial charge in [0.15, 0.2) is 0 Å². The van der Waals surface area contributed by atoms with Gasteiger partial charge in [0.05, 0.1) is 42.1 Å². The van der Waals surface area contributed by atoms with Crippen molar-refractivity contribution in [1.29, 1.82) is 0 Å². The van der Waals surface area contributed by atoms with Gasteiger partial charge in [-0.15, -0.1) is 0 Å². The first-order valence-electron chi connectivity index (χ1n) is 14.1. The van der Waals surface area contributed by atoms with Crippen molar-refractivity contribution in [3.05, 3.63) is 82.9 Å². The van der Waals surface area contributed by atoms with Crippen LogP contribution in [0.25, 0.3) is 0 Å². The number of anilines is 2. The second kappa shape index (κ2) is 13.2. The fraction of sp³-hybridized carbons (Fsp3) is 0.344. The monoisotopic (exact) mass is 591 g/mol. The zero-order valence-electron chi connectivity index (χ0n) is 23.3. The van der Waals surface area contributed by atoms with Gasteiger partial charge in [0.25, 0.3) is 0 Å². The Kier molecular flexibility index (Phi) is 9.17. The van der Waals surface area contributed by atoms with Crippen LogP contribution in [0.5, 0.6) is 11.5 Å². The number of nitrogens with zero attached hydrogens (tertiary/aromatic N) is 1. The summed E-state index contributed by atoms with van der Waals surface area (Å²) in [6, 6.07) is 18.4. The zero-order valence-corrected chi connectivity index (χ0v) is 24.1. The number of carbonyl (C=O) groups excluding carboxylic acids is 2. The van der Waals surface area contributed by atoms with Crippen molar-refractivity contribution in [3.8, 4) is 11.5 Å². The Labute approximate surface area is 249 Å². The van der Waals surface area contributed by atoms with Crippen LogP contribution < -0.4 is 20.1 Å². The van der Waals surface area contributed by atoms with Crippen LogP contribution in [0.3, 0.4) is 0 Å². The third kappa shape index (κ3) is 6.79. The van der Waals surface area contributed by atoms with Gasteiger partial charge in [-0.05, 0) is 72.9 Å². The highest BCUT2D eigenvalue weighted by molar-refractivity contribution is 6.33. The number of likely N-dealkylation sites (tertiary alicyclic amines) is 1. The third-order valence-electron chi connectivity index (χ3n) is 8.10. The number of methoxy groups -OCH3 is 1. The molecule has 9 nitrogen and oxygen atoms in total. The number of ether oxygens (including phenoxy) is 2. The van der Waals surface area contributed by atoms with E-state index in [1.807, 2.05) is 11.0 Å². The number of carboxylic acid groups (broad SMARTS) is 1. The lowest BCUT2D eigenvalue weighted by Crippen LogP contribution is -2.40. The molecule has 10 heteroatoms.